The number of alkyl halides is 3. The highest BCUT2D eigenvalue weighted by Crippen LogP contribution is 2.37. The first kappa shape index (κ1) is 15.0. The van der Waals surface area contributed by atoms with Gasteiger partial charge in [0.1, 0.15) is 5.82 Å². The molecule has 2 aromatic rings. The number of hydrazine groups is 1. The van der Waals surface area contributed by atoms with Crippen LogP contribution < -0.4 is 11.3 Å². The summed E-state index contributed by atoms with van der Waals surface area (Å²) in [4.78, 5) is 0.935. The topological polar surface area (TPSA) is 38.0 Å². The second-order valence-electron chi connectivity index (χ2n) is 4.32. The SMILES string of the molecule is Cc1cc(C(NN)c2cc(F)ccc2C(F)(F)F)cs1. The summed E-state index contributed by atoms with van der Waals surface area (Å²) >= 11 is 1.39. The summed E-state index contributed by atoms with van der Waals surface area (Å²) < 4.78 is 52.3. The zero-order chi connectivity index (χ0) is 14.9. The van der Waals surface area contributed by atoms with Gasteiger partial charge in [-0.05, 0) is 47.7 Å². The quantitative estimate of drug-likeness (QED) is 0.515. The van der Waals surface area contributed by atoms with Gasteiger partial charge < -0.3 is 0 Å². The van der Waals surface area contributed by atoms with E-state index in [-0.39, 0.29) is 5.56 Å². The van der Waals surface area contributed by atoms with Gasteiger partial charge in [0.05, 0.1) is 11.6 Å². The highest BCUT2D eigenvalue weighted by molar-refractivity contribution is 7.10. The Bertz CT molecular complexity index is 607. The molecule has 20 heavy (non-hydrogen) atoms. The van der Waals surface area contributed by atoms with Crippen LogP contribution in [0.5, 0.6) is 0 Å². The van der Waals surface area contributed by atoms with Crippen molar-refractivity contribution in [3.63, 3.8) is 0 Å². The van der Waals surface area contributed by atoms with E-state index in [0.717, 1.165) is 23.1 Å². The van der Waals surface area contributed by atoms with Gasteiger partial charge in [0, 0.05) is 4.88 Å². The zero-order valence-corrected chi connectivity index (χ0v) is 11.3. The Kier molecular flexibility index (Phi) is 4.12. The van der Waals surface area contributed by atoms with Crippen LogP contribution in [0.3, 0.4) is 0 Å². The van der Waals surface area contributed by atoms with Gasteiger partial charge in [-0.1, -0.05) is 0 Å². The molecule has 0 aliphatic heterocycles. The van der Waals surface area contributed by atoms with E-state index in [9.17, 15) is 17.6 Å². The number of nitrogens with one attached hydrogen (secondary N) is 1. The van der Waals surface area contributed by atoms with E-state index >= 15 is 0 Å². The third-order valence-electron chi connectivity index (χ3n) is 2.88. The van der Waals surface area contributed by atoms with E-state index in [1.54, 1.807) is 11.4 Å². The van der Waals surface area contributed by atoms with Crippen molar-refractivity contribution in [2.24, 2.45) is 5.84 Å². The van der Waals surface area contributed by atoms with Crippen LogP contribution in [-0.2, 0) is 6.18 Å². The van der Waals surface area contributed by atoms with Gasteiger partial charge >= 0.3 is 6.18 Å². The number of aryl methyl sites for hydroxylation is 1. The lowest BCUT2D eigenvalue weighted by Crippen LogP contribution is -2.30. The van der Waals surface area contributed by atoms with Crippen LogP contribution >= 0.6 is 11.3 Å². The monoisotopic (exact) mass is 304 g/mol. The van der Waals surface area contributed by atoms with Crippen LogP contribution in [0, 0.1) is 12.7 Å². The second-order valence-corrected chi connectivity index (χ2v) is 5.44. The van der Waals surface area contributed by atoms with Gasteiger partial charge in [0.15, 0.2) is 0 Å². The predicted octanol–water partition coefficient (Wildman–Crippen LogP) is 3.77. The molecule has 2 rings (SSSR count). The average molecular weight is 304 g/mol. The van der Waals surface area contributed by atoms with Gasteiger partial charge in [0.2, 0.25) is 0 Å². The van der Waals surface area contributed by atoms with Crippen LogP contribution in [0.2, 0.25) is 0 Å². The number of thiophene rings is 1. The summed E-state index contributed by atoms with van der Waals surface area (Å²) in [5.41, 5.74) is 1.78. The molecule has 0 spiro atoms. The molecule has 108 valence electrons. The molecular weight excluding hydrogens is 292 g/mol. The molecule has 0 bridgehead atoms. The third kappa shape index (κ3) is 3.00. The smallest absolute Gasteiger partial charge is 0.271 e. The van der Waals surface area contributed by atoms with E-state index in [1.807, 2.05) is 6.92 Å². The number of hydrogen-bond acceptors (Lipinski definition) is 3. The first-order valence-electron chi connectivity index (χ1n) is 5.70. The molecule has 0 saturated heterocycles. The molecular formula is C13H12F4N2S. The summed E-state index contributed by atoms with van der Waals surface area (Å²) in [6.45, 7) is 1.83. The molecule has 1 heterocycles. The minimum absolute atomic E-state index is 0.224. The maximum atomic E-state index is 13.3. The molecule has 0 aliphatic carbocycles. The van der Waals surface area contributed by atoms with Crippen LogP contribution in [0.1, 0.15) is 27.6 Å². The third-order valence-corrected chi connectivity index (χ3v) is 3.76. The van der Waals surface area contributed by atoms with Gasteiger partial charge in [-0.15, -0.1) is 11.3 Å². The van der Waals surface area contributed by atoms with Crippen LogP contribution in [0.25, 0.3) is 0 Å². The van der Waals surface area contributed by atoms with Crippen molar-refractivity contribution >= 4 is 11.3 Å². The van der Waals surface area contributed by atoms with E-state index < -0.39 is 23.6 Å². The standard InChI is InChI=1S/C13H12F4N2S/c1-7-4-8(6-20-7)12(19-18)10-5-9(14)2-3-11(10)13(15,16)17/h2-6,12,19H,18H2,1H3. The number of benzene rings is 1. The second kappa shape index (κ2) is 5.51. The molecule has 1 unspecified atom stereocenters. The van der Waals surface area contributed by atoms with E-state index in [1.165, 1.54) is 11.3 Å². The maximum Gasteiger partial charge on any atom is 0.416 e. The van der Waals surface area contributed by atoms with Crippen LogP contribution in [0.4, 0.5) is 17.6 Å². The fourth-order valence-corrected chi connectivity index (χ4v) is 2.74. The summed E-state index contributed by atoms with van der Waals surface area (Å²) in [5.74, 6) is 4.64. The molecule has 1 aromatic carbocycles. The van der Waals surface area contributed by atoms with E-state index in [2.05, 4.69) is 5.43 Å². The molecule has 2 nitrogen and oxygen atoms in total. The summed E-state index contributed by atoms with van der Waals surface area (Å²) in [7, 11) is 0. The molecule has 7 heteroatoms. The summed E-state index contributed by atoms with van der Waals surface area (Å²) in [5, 5.41) is 1.70. The molecule has 0 amide bonds. The van der Waals surface area contributed by atoms with Crippen LogP contribution in [0.15, 0.2) is 29.6 Å². The van der Waals surface area contributed by atoms with Crippen molar-refractivity contribution in [1.29, 1.82) is 0 Å². The van der Waals surface area contributed by atoms with Gasteiger partial charge in [-0.25, -0.2) is 9.82 Å². The normalized spacial score (nSPS) is 13.5. The maximum absolute atomic E-state index is 13.3. The largest absolute Gasteiger partial charge is 0.416 e. The Balaban J connectivity index is 2.56. The molecule has 1 aromatic heterocycles. The zero-order valence-electron chi connectivity index (χ0n) is 10.5. The van der Waals surface area contributed by atoms with Crippen molar-refractivity contribution in [2.75, 3.05) is 0 Å². The first-order chi connectivity index (χ1) is 9.32. The van der Waals surface area contributed by atoms with Crippen LogP contribution in [-0.4, -0.2) is 0 Å². The highest BCUT2D eigenvalue weighted by Gasteiger charge is 2.35. The predicted molar refractivity (Wildman–Crippen MR) is 69.6 cm³/mol. The molecule has 1 atom stereocenters. The van der Waals surface area contributed by atoms with Gasteiger partial charge in [-0.3, -0.25) is 5.84 Å². The Morgan fingerprint density at radius 3 is 2.45 bits per heavy atom. The summed E-state index contributed by atoms with van der Waals surface area (Å²) in [6, 6.07) is 3.19. The van der Waals surface area contributed by atoms with Crippen molar-refractivity contribution < 1.29 is 17.6 Å². The van der Waals surface area contributed by atoms with Crippen molar-refractivity contribution in [2.45, 2.75) is 19.1 Å². The molecule has 3 N–H and O–H groups in total. The lowest BCUT2D eigenvalue weighted by Gasteiger charge is -2.20. The Hall–Kier alpha value is -1.44. The first-order valence-corrected chi connectivity index (χ1v) is 6.58. The lowest BCUT2D eigenvalue weighted by atomic mass is 9.96. The van der Waals surface area contributed by atoms with E-state index in [4.69, 9.17) is 5.84 Å². The molecule has 0 radical (unpaired) electrons. The molecule has 0 fully saturated rings. The average Bonchev–Trinajstić information content (AvgIpc) is 2.75. The molecule has 0 aliphatic rings. The number of nitrogens with two attached hydrogens (primary N) is 1. The van der Waals surface area contributed by atoms with Gasteiger partial charge in [-0.2, -0.15) is 13.2 Å². The van der Waals surface area contributed by atoms with Crippen molar-refractivity contribution in [1.82, 2.24) is 5.43 Å². The van der Waals surface area contributed by atoms with Crippen molar-refractivity contribution in [3.8, 4) is 0 Å². The van der Waals surface area contributed by atoms with Gasteiger partial charge in [0.25, 0.3) is 0 Å². The number of hydrogen-bond donors (Lipinski definition) is 2. The minimum atomic E-state index is -4.57. The Morgan fingerprint density at radius 2 is 1.95 bits per heavy atom. The fourth-order valence-electron chi connectivity index (χ4n) is 2.01. The number of halogens is 4. The Morgan fingerprint density at radius 1 is 1.25 bits per heavy atom. The number of rotatable bonds is 3. The highest BCUT2D eigenvalue weighted by atomic mass is 32.1. The Labute approximate surface area is 117 Å². The minimum Gasteiger partial charge on any atom is -0.271 e. The summed E-state index contributed by atoms with van der Waals surface area (Å²) in [6.07, 6.45) is -4.57. The van der Waals surface area contributed by atoms with Crippen molar-refractivity contribution in [3.05, 3.63) is 57.0 Å². The fraction of sp³-hybridized carbons (Fsp3) is 0.231. The molecule has 0 saturated carbocycles. The lowest BCUT2D eigenvalue weighted by molar-refractivity contribution is -0.138. The van der Waals surface area contributed by atoms with E-state index in [0.29, 0.717) is 5.56 Å².